The number of imide groups is 1. The zero-order valence-electron chi connectivity index (χ0n) is 17.8. The van der Waals surface area contributed by atoms with Crippen molar-refractivity contribution in [2.45, 2.75) is 31.7 Å². The number of amides is 2. The Bertz CT molecular complexity index is 1140. The van der Waals surface area contributed by atoms with Gasteiger partial charge >= 0.3 is 7.12 Å². The Hall–Kier alpha value is -2.79. The molecule has 10 heteroatoms. The van der Waals surface area contributed by atoms with Crippen LogP contribution in [-0.2, 0) is 14.3 Å². The number of carbonyl (C=O) groups is 2. The van der Waals surface area contributed by atoms with Crippen LogP contribution in [0.15, 0.2) is 42.5 Å². The summed E-state index contributed by atoms with van der Waals surface area (Å²) in [6, 6.07) is 9.77. The van der Waals surface area contributed by atoms with E-state index in [1.165, 1.54) is 30.3 Å². The van der Waals surface area contributed by atoms with Crippen molar-refractivity contribution in [2.75, 3.05) is 4.90 Å². The van der Waals surface area contributed by atoms with Gasteiger partial charge in [0, 0.05) is 11.8 Å². The van der Waals surface area contributed by atoms with Crippen LogP contribution in [-0.4, -0.2) is 45.0 Å². The van der Waals surface area contributed by atoms with E-state index in [2.05, 4.69) is 0 Å². The van der Waals surface area contributed by atoms with E-state index < -0.39 is 66.1 Å². The molecule has 2 aromatic carbocycles. The van der Waals surface area contributed by atoms with Crippen molar-refractivity contribution in [3.8, 4) is 5.75 Å². The molecule has 3 aliphatic rings. The first-order valence-electron chi connectivity index (χ1n) is 10.8. The lowest BCUT2D eigenvalue weighted by Crippen LogP contribution is -2.52. The molecule has 3 fully saturated rings. The molecule has 0 spiro atoms. The average Bonchev–Trinajstić information content (AvgIpc) is 3.25. The van der Waals surface area contributed by atoms with Gasteiger partial charge in [-0.05, 0) is 48.1 Å². The number of phenolic OH excluding ortho intramolecular Hbond substituents is 1. The zero-order chi connectivity index (χ0) is 23.7. The number of aromatic hydroxyl groups is 1. The molecular formula is C23H23BFNO7. The second-order valence-electron chi connectivity index (χ2n) is 9.16. The van der Waals surface area contributed by atoms with Crippen LogP contribution in [0.1, 0.15) is 31.4 Å². The number of hydrogen-bond acceptors (Lipinski definition) is 7. The van der Waals surface area contributed by atoms with E-state index >= 15 is 0 Å². The molecular weight excluding hydrogens is 432 g/mol. The fraction of sp³-hybridized carbons (Fsp3) is 0.391. The second-order valence-corrected chi connectivity index (χ2v) is 9.16. The molecule has 2 amide bonds. The topological polar surface area (TPSA) is 128 Å². The maximum atomic E-state index is 13.9. The predicted octanol–water partition coefficient (Wildman–Crippen LogP) is 0.823. The average molecular weight is 455 g/mol. The van der Waals surface area contributed by atoms with Crippen molar-refractivity contribution in [1.82, 2.24) is 0 Å². The lowest BCUT2D eigenvalue weighted by Gasteiger charge is -2.43. The van der Waals surface area contributed by atoms with Gasteiger partial charge in [0.2, 0.25) is 11.8 Å². The minimum Gasteiger partial charge on any atom is -0.505 e. The van der Waals surface area contributed by atoms with Crippen LogP contribution in [0.2, 0.25) is 0 Å². The maximum Gasteiger partial charge on any atom is 0.488 e. The van der Waals surface area contributed by atoms with Gasteiger partial charge in [-0.1, -0.05) is 25.1 Å². The molecule has 172 valence electrons. The smallest absolute Gasteiger partial charge is 0.488 e. The summed E-state index contributed by atoms with van der Waals surface area (Å²) in [5.41, 5.74) is 0.805. The van der Waals surface area contributed by atoms with Gasteiger partial charge in [0.05, 0.1) is 23.6 Å². The minimum atomic E-state index is -1.75. The number of benzene rings is 2. The number of fused-ring (bicyclic) bond motifs is 3. The van der Waals surface area contributed by atoms with E-state index in [1.54, 1.807) is 13.0 Å². The highest BCUT2D eigenvalue weighted by Gasteiger charge is 2.66. The summed E-state index contributed by atoms with van der Waals surface area (Å²) in [7, 11) is -1.75. The van der Waals surface area contributed by atoms with Gasteiger partial charge in [-0.25, -0.2) is 4.39 Å². The van der Waals surface area contributed by atoms with Crippen LogP contribution in [0.4, 0.5) is 10.1 Å². The number of hydrogen-bond donors (Lipinski definition) is 4. The quantitative estimate of drug-likeness (QED) is 0.399. The summed E-state index contributed by atoms with van der Waals surface area (Å²) < 4.78 is 19.9. The molecule has 2 heterocycles. The highest BCUT2D eigenvalue weighted by molar-refractivity contribution is 6.58. The van der Waals surface area contributed by atoms with Crippen LogP contribution in [0.5, 0.6) is 5.75 Å². The molecule has 8 nitrogen and oxygen atoms in total. The van der Waals surface area contributed by atoms with Gasteiger partial charge in [-0.2, -0.15) is 0 Å². The molecule has 2 aliphatic heterocycles. The van der Waals surface area contributed by atoms with E-state index in [0.29, 0.717) is 5.56 Å². The molecule has 0 unspecified atom stereocenters. The Morgan fingerprint density at radius 1 is 1.12 bits per heavy atom. The molecule has 0 bridgehead atoms. The first-order valence-corrected chi connectivity index (χ1v) is 10.8. The van der Waals surface area contributed by atoms with Gasteiger partial charge in [0.15, 0.2) is 17.4 Å². The molecule has 5 rings (SSSR count). The first-order chi connectivity index (χ1) is 15.6. The summed E-state index contributed by atoms with van der Waals surface area (Å²) in [5.74, 6) is -6.49. The molecule has 1 saturated carbocycles. The Labute approximate surface area is 189 Å². The molecule has 0 radical (unpaired) electrons. The van der Waals surface area contributed by atoms with Crippen LogP contribution < -0.4 is 10.4 Å². The summed E-state index contributed by atoms with van der Waals surface area (Å²) in [5, 5.41) is 39.9. The van der Waals surface area contributed by atoms with E-state index in [0.717, 1.165) is 11.0 Å². The summed E-state index contributed by atoms with van der Waals surface area (Å²) >= 11 is 0. The van der Waals surface area contributed by atoms with Crippen molar-refractivity contribution in [3.63, 3.8) is 0 Å². The number of aliphatic hydroxyl groups is 1. The fourth-order valence-electron chi connectivity index (χ4n) is 5.65. The first kappa shape index (κ1) is 22.0. The normalized spacial score (nSPS) is 33.2. The molecule has 0 aromatic heterocycles. The van der Waals surface area contributed by atoms with Gasteiger partial charge < -0.3 is 25.0 Å². The van der Waals surface area contributed by atoms with Crippen LogP contribution >= 0.6 is 0 Å². The Morgan fingerprint density at radius 2 is 1.88 bits per heavy atom. The highest BCUT2D eigenvalue weighted by atomic mass is 19.1. The van der Waals surface area contributed by atoms with Crippen molar-refractivity contribution in [1.29, 1.82) is 0 Å². The third kappa shape index (κ3) is 3.28. The van der Waals surface area contributed by atoms with Crippen molar-refractivity contribution >= 4 is 30.1 Å². The third-order valence-corrected chi connectivity index (χ3v) is 7.32. The standard InChI is InChI=1S/C23H23BFNO7/c1-11-7-15-20(22(29)26(21(15)28)14-4-2-3-13(9-14)24(31)32)16-10-19(33-23(11,16)30)12-5-6-18(27)17(25)8-12/h2-6,8-9,11,15-16,19-20,27,30-32H,7,10H2,1H3/t11-,15-,16-,19-,20-,23+/m0/s1. The van der Waals surface area contributed by atoms with E-state index in [1.807, 2.05) is 0 Å². The summed E-state index contributed by atoms with van der Waals surface area (Å²) in [6.45, 7) is 1.76. The van der Waals surface area contributed by atoms with Crippen LogP contribution in [0.25, 0.3) is 0 Å². The lowest BCUT2D eigenvalue weighted by molar-refractivity contribution is -0.265. The van der Waals surface area contributed by atoms with Crippen molar-refractivity contribution in [3.05, 3.63) is 53.8 Å². The molecule has 1 aliphatic carbocycles. The number of anilines is 1. The second kappa shape index (κ2) is 7.63. The summed E-state index contributed by atoms with van der Waals surface area (Å²) in [4.78, 5) is 27.8. The SMILES string of the molecule is C[C@H]1C[C@@H]2C(=O)N(c3cccc(B(O)O)c3)C(=O)[C@@H]2[C@@H]2C[C@@H](c3ccc(O)c(F)c3)O[C@]12O. The van der Waals surface area contributed by atoms with Gasteiger partial charge in [-0.3, -0.25) is 14.5 Å². The fourth-order valence-corrected chi connectivity index (χ4v) is 5.65. The number of halogens is 1. The van der Waals surface area contributed by atoms with Crippen molar-refractivity contribution in [2.24, 2.45) is 23.7 Å². The van der Waals surface area contributed by atoms with E-state index in [-0.39, 0.29) is 24.0 Å². The molecule has 2 saturated heterocycles. The van der Waals surface area contributed by atoms with Gasteiger partial charge in [-0.15, -0.1) is 0 Å². The number of ether oxygens (including phenoxy) is 1. The Kier molecular flexibility index (Phi) is 5.09. The molecule has 33 heavy (non-hydrogen) atoms. The molecule has 6 atom stereocenters. The number of carbonyl (C=O) groups excluding carboxylic acids is 2. The molecule has 4 N–H and O–H groups in total. The maximum absolute atomic E-state index is 13.9. The third-order valence-electron chi connectivity index (χ3n) is 7.32. The molecule has 2 aromatic rings. The lowest BCUT2D eigenvalue weighted by atomic mass is 9.65. The zero-order valence-corrected chi connectivity index (χ0v) is 17.8. The predicted molar refractivity (Wildman–Crippen MR) is 114 cm³/mol. The number of rotatable bonds is 3. The monoisotopic (exact) mass is 455 g/mol. The Morgan fingerprint density at radius 3 is 2.58 bits per heavy atom. The largest absolute Gasteiger partial charge is 0.505 e. The van der Waals surface area contributed by atoms with Crippen LogP contribution in [0, 0.1) is 29.5 Å². The van der Waals surface area contributed by atoms with E-state index in [9.17, 15) is 34.2 Å². The number of nitrogens with zero attached hydrogens (tertiary/aromatic N) is 1. The van der Waals surface area contributed by atoms with E-state index in [4.69, 9.17) is 4.74 Å². The Balaban J connectivity index is 1.49. The van der Waals surface area contributed by atoms with Crippen LogP contribution in [0.3, 0.4) is 0 Å². The van der Waals surface area contributed by atoms with Crippen molar-refractivity contribution < 1.29 is 39.0 Å². The highest BCUT2D eigenvalue weighted by Crippen LogP contribution is 2.58. The minimum absolute atomic E-state index is 0.145. The van der Waals surface area contributed by atoms with Gasteiger partial charge in [0.1, 0.15) is 0 Å². The van der Waals surface area contributed by atoms with Gasteiger partial charge in [0.25, 0.3) is 0 Å². The summed E-state index contributed by atoms with van der Waals surface area (Å²) in [6.07, 6.45) is -0.271. The number of phenols is 1.